The second-order valence-electron chi connectivity index (χ2n) is 5.40. The Morgan fingerprint density at radius 3 is 1.79 bits per heavy atom. The Hall–Kier alpha value is -0.190. The van der Waals surface area contributed by atoms with Crippen LogP contribution in [0.2, 0.25) is 0 Å². The molecule has 0 fully saturated rings. The molecular formula is C18H36Cl3N3. The lowest BCUT2D eigenvalue weighted by Gasteiger charge is -2.21. The van der Waals surface area contributed by atoms with E-state index in [-0.39, 0.29) is 37.2 Å². The van der Waals surface area contributed by atoms with Crippen molar-refractivity contribution in [2.75, 3.05) is 44.2 Å². The second kappa shape index (κ2) is 17.6. The van der Waals surface area contributed by atoms with Gasteiger partial charge in [-0.05, 0) is 64.1 Å². The minimum atomic E-state index is 0. The van der Waals surface area contributed by atoms with Crippen LogP contribution in [-0.4, -0.2) is 44.2 Å². The standard InChI is InChI=1S/C18H33N3.3ClH/c1-5-20(6-2)15-9-14-19-16-17-10-12-18(13-11-17)21(7-3)8-4;;;/h10-13,19H,5-9,14-16H2,1-4H3;3*1H. The molecule has 0 unspecified atom stereocenters. The third-order valence-electron chi connectivity index (χ3n) is 4.12. The number of hydrogen-bond acceptors (Lipinski definition) is 3. The molecule has 0 spiro atoms. The molecule has 1 N–H and O–H groups in total. The number of nitrogens with one attached hydrogen (secondary N) is 1. The summed E-state index contributed by atoms with van der Waals surface area (Å²) in [6.45, 7) is 16.6. The van der Waals surface area contributed by atoms with Gasteiger partial charge in [-0.15, -0.1) is 37.2 Å². The van der Waals surface area contributed by atoms with E-state index in [1.807, 2.05) is 0 Å². The maximum absolute atomic E-state index is 3.54. The van der Waals surface area contributed by atoms with Gasteiger partial charge in [-0.1, -0.05) is 26.0 Å². The lowest BCUT2D eigenvalue weighted by atomic mass is 10.2. The van der Waals surface area contributed by atoms with Crippen LogP contribution in [0.15, 0.2) is 24.3 Å². The van der Waals surface area contributed by atoms with Crippen molar-refractivity contribution < 1.29 is 0 Å². The van der Waals surface area contributed by atoms with Crippen LogP contribution < -0.4 is 10.2 Å². The SMILES string of the molecule is CCN(CC)CCCNCc1ccc(N(CC)CC)cc1.Cl.Cl.Cl. The molecule has 3 nitrogen and oxygen atoms in total. The quantitative estimate of drug-likeness (QED) is 0.547. The van der Waals surface area contributed by atoms with Gasteiger partial charge in [-0.2, -0.15) is 0 Å². The summed E-state index contributed by atoms with van der Waals surface area (Å²) in [6, 6.07) is 8.95. The lowest BCUT2D eigenvalue weighted by molar-refractivity contribution is 0.298. The molecule has 0 bridgehead atoms. The van der Waals surface area contributed by atoms with Gasteiger partial charge in [0, 0.05) is 25.3 Å². The van der Waals surface area contributed by atoms with E-state index in [0.29, 0.717) is 0 Å². The zero-order valence-corrected chi connectivity index (χ0v) is 18.0. The van der Waals surface area contributed by atoms with Gasteiger partial charge in [0.15, 0.2) is 0 Å². The molecule has 144 valence electrons. The van der Waals surface area contributed by atoms with Gasteiger partial charge in [-0.3, -0.25) is 0 Å². The summed E-state index contributed by atoms with van der Waals surface area (Å²) >= 11 is 0. The summed E-state index contributed by atoms with van der Waals surface area (Å²) in [6.07, 6.45) is 1.22. The number of rotatable bonds is 11. The van der Waals surface area contributed by atoms with E-state index in [0.717, 1.165) is 39.3 Å². The highest BCUT2D eigenvalue weighted by atomic mass is 35.5. The topological polar surface area (TPSA) is 18.5 Å². The van der Waals surface area contributed by atoms with E-state index in [2.05, 4.69) is 67.1 Å². The average molecular weight is 401 g/mol. The number of hydrogen-bond donors (Lipinski definition) is 1. The fourth-order valence-electron chi connectivity index (χ4n) is 2.61. The van der Waals surface area contributed by atoms with Crippen LogP contribution in [0.3, 0.4) is 0 Å². The van der Waals surface area contributed by atoms with Crippen molar-refractivity contribution in [2.45, 2.75) is 40.7 Å². The molecule has 1 aromatic carbocycles. The summed E-state index contributed by atoms with van der Waals surface area (Å²) in [4.78, 5) is 4.85. The van der Waals surface area contributed by atoms with E-state index in [1.165, 1.54) is 24.2 Å². The molecule has 0 radical (unpaired) electrons. The van der Waals surface area contributed by atoms with Gasteiger partial charge >= 0.3 is 0 Å². The summed E-state index contributed by atoms with van der Waals surface area (Å²) in [5.41, 5.74) is 2.69. The van der Waals surface area contributed by atoms with Crippen molar-refractivity contribution in [3.63, 3.8) is 0 Å². The predicted octanol–water partition coefficient (Wildman–Crippen LogP) is 4.62. The van der Waals surface area contributed by atoms with Crippen molar-refractivity contribution in [1.82, 2.24) is 10.2 Å². The predicted molar refractivity (Wildman–Crippen MR) is 116 cm³/mol. The third-order valence-corrected chi connectivity index (χ3v) is 4.12. The van der Waals surface area contributed by atoms with Crippen molar-refractivity contribution >= 4 is 42.9 Å². The van der Waals surface area contributed by atoms with Gasteiger partial charge in [0.2, 0.25) is 0 Å². The molecule has 24 heavy (non-hydrogen) atoms. The van der Waals surface area contributed by atoms with Crippen LogP contribution >= 0.6 is 37.2 Å². The molecule has 0 saturated heterocycles. The first kappa shape index (κ1) is 28.6. The Morgan fingerprint density at radius 2 is 1.33 bits per heavy atom. The highest BCUT2D eigenvalue weighted by molar-refractivity contribution is 5.86. The highest BCUT2D eigenvalue weighted by Gasteiger charge is 2.01. The fraction of sp³-hybridized carbons (Fsp3) is 0.667. The monoisotopic (exact) mass is 399 g/mol. The Morgan fingerprint density at radius 1 is 0.792 bits per heavy atom. The molecule has 0 atom stereocenters. The largest absolute Gasteiger partial charge is 0.372 e. The molecule has 0 amide bonds. The minimum absolute atomic E-state index is 0. The van der Waals surface area contributed by atoms with Crippen molar-refractivity contribution in [3.8, 4) is 0 Å². The first-order valence-corrected chi connectivity index (χ1v) is 8.52. The molecule has 6 heteroatoms. The van der Waals surface area contributed by atoms with Gasteiger partial charge < -0.3 is 15.1 Å². The van der Waals surface area contributed by atoms with E-state index < -0.39 is 0 Å². The maximum Gasteiger partial charge on any atom is 0.0366 e. The molecule has 0 heterocycles. The van der Waals surface area contributed by atoms with Crippen LogP contribution in [0.4, 0.5) is 5.69 Å². The Bertz CT molecular complexity index is 366. The highest BCUT2D eigenvalue weighted by Crippen LogP contribution is 2.14. The summed E-state index contributed by atoms with van der Waals surface area (Å²) < 4.78 is 0. The zero-order valence-electron chi connectivity index (χ0n) is 15.6. The van der Waals surface area contributed by atoms with Crippen LogP contribution in [0, 0.1) is 0 Å². The Labute approximate surface area is 167 Å². The number of anilines is 1. The lowest BCUT2D eigenvalue weighted by Crippen LogP contribution is -2.27. The molecule has 1 rings (SSSR count). The summed E-state index contributed by atoms with van der Waals surface area (Å²) in [5.74, 6) is 0. The van der Waals surface area contributed by atoms with Crippen LogP contribution in [-0.2, 0) is 6.54 Å². The molecule has 0 aromatic heterocycles. The van der Waals surface area contributed by atoms with E-state index in [1.54, 1.807) is 0 Å². The molecule has 0 aliphatic carbocycles. The summed E-state index contributed by atoms with van der Waals surface area (Å²) in [7, 11) is 0. The minimum Gasteiger partial charge on any atom is -0.372 e. The van der Waals surface area contributed by atoms with E-state index >= 15 is 0 Å². The Balaban J connectivity index is -0.00000147. The number of benzene rings is 1. The fourth-order valence-corrected chi connectivity index (χ4v) is 2.61. The molecular weight excluding hydrogens is 365 g/mol. The first-order valence-electron chi connectivity index (χ1n) is 8.52. The van der Waals surface area contributed by atoms with Gasteiger partial charge in [0.25, 0.3) is 0 Å². The van der Waals surface area contributed by atoms with Gasteiger partial charge in [0.1, 0.15) is 0 Å². The Kier molecular flexibility index (Phi) is 21.0. The molecule has 0 saturated carbocycles. The van der Waals surface area contributed by atoms with Crippen molar-refractivity contribution in [1.29, 1.82) is 0 Å². The molecule has 1 aromatic rings. The number of halogens is 3. The van der Waals surface area contributed by atoms with Gasteiger partial charge in [-0.25, -0.2) is 0 Å². The number of nitrogens with zero attached hydrogens (tertiary/aromatic N) is 2. The van der Waals surface area contributed by atoms with Crippen LogP contribution in [0.5, 0.6) is 0 Å². The normalized spacial score (nSPS) is 9.71. The van der Waals surface area contributed by atoms with Crippen molar-refractivity contribution in [3.05, 3.63) is 29.8 Å². The van der Waals surface area contributed by atoms with Crippen LogP contribution in [0.1, 0.15) is 39.7 Å². The van der Waals surface area contributed by atoms with Gasteiger partial charge in [0.05, 0.1) is 0 Å². The molecule has 0 aliphatic rings. The summed E-state index contributed by atoms with van der Waals surface area (Å²) in [5, 5.41) is 3.54. The van der Waals surface area contributed by atoms with E-state index in [9.17, 15) is 0 Å². The maximum atomic E-state index is 3.54. The van der Waals surface area contributed by atoms with Crippen LogP contribution in [0.25, 0.3) is 0 Å². The smallest absolute Gasteiger partial charge is 0.0366 e. The third kappa shape index (κ3) is 10.6. The van der Waals surface area contributed by atoms with E-state index in [4.69, 9.17) is 0 Å². The second-order valence-corrected chi connectivity index (χ2v) is 5.40. The zero-order chi connectivity index (χ0) is 15.5. The average Bonchev–Trinajstić information content (AvgIpc) is 2.53. The molecule has 0 aliphatic heterocycles. The van der Waals surface area contributed by atoms with Crippen molar-refractivity contribution in [2.24, 2.45) is 0 Å². The first-order chi connectivity index (χ1) is 10.2.